The van der Waals surface area contributed by atoms with Gasteiger partial charge in [0.2, 0.25) is 0 Å². The first kappa shape index (κ1) is 20.2. The molecule has 0 saturated heterocycles. The Kier molecular flexibility index (Phi) is 7.84. The van der Waals surface area contributed by atoms with Crippen molar-refractivity contribution in [2.24, 2.45) is 0 Å². The molecule has 0 amide bonds. The molecule has 1 fully saturated rings. The molecule has 0 radical (unpaired) electrons. The molecule has 2 rings (SSSR count). The summed E-state index contributed by atoms with van der Waals surface area (Å²) in [5.74, 6) is -0.985. The third-order valence-electron chi connectivity index (χ3n) is 4.15. The molecule has 0 bridgehead atoms. The molecule has 0 atom stereocenters. The summed E-state index contributed by atoms with van der Waals surface area (Å²) in [6, 6.07) is 5.07. The smallest absolute Gasteiger partial charge is 0.338 e. The van der Waals surface area contributed by atoms with Gasteiger partial charge in [-0.1, -0.05) is 19.3 Å². The molecule has 7 heteroatoms. The summed E-state index contributed by atoms with van der Waals surface area (Å²) in [5.41, 5.74) is 1.10. The molecule has 0 aromatic heterocycles. The molecule has 0 unspecified atom stereocenters. The zero-order valence-corrected chi connectivity index (χ0v) is 16.1. The highest BCUT2D eigenvalue weighted by atomic mass is 32.1. The Labute approximate surface area is 159 Å². The van der Waals surface area contributed by atoms with E-state index in [1.54, 1.807) is 26.0 Å². The van der Waals surface area contributed by atoms with Gasteiger partial charge in [-0.25, -0.2) is 9.59 Å². The van der Waals surface area contributed by atoms with Crippen molar-refractivity contribution in [3.63, 3.8) is 0 Å². The molecule has 0 heterocycles. The van der Waals surface area contributed by atoms with E-state index in [-0.39, 0.29) is 24.3 Å². The molecular formula is C19H26N2O4S. The van der Waals surface area contributed by atoms with Gasteiger partial charge < -0.3 is 20.1 Å². The van der Waals surface area contributed by atoms with Gasteiger partial charge in [0.1, 0.15) is 0 Å². The van der Waals surface area contributed by atoms with Crippen molar-refractivity contribution in [1.29, 1.82) is 0 Å². The van der Waals surface area contributed by atoms with Crippen LogP contribution >= 0.6 is 12.2 Å². The molecule has 1 aliphatic rings. The van der Waals surface area contributed by atoms with Crippen molar-refractivity contribution < 1.29 is 19.1 Å². The molecular weight excluding hydrogens is 352 g/mol. The van der Waals surface area contributed by atoms with Gasteiger partial charge in [-0.15, -0.1) is 0 Å². The van der Waals surface area contributed by atoms with Crippen LogP contribution in [-0.2, 0) is 9.47 Å². The fourth-order valence-electron chi connectivity index (χ4n) is 2.96. The van der Waals surface area contributed by atoms with Gasteiger partial charge in [-0.2, -0.15) is 0 Å². The second-order valence-electron chi connectivity index (χ2n) is 6.17. The summed E-state index contributed by atoms with van der Waals surface area (Å²) in [6.45, 7) is 3.98. The van der Waals surface area contributed by atoms with E-state index in [0.717, 1.165) is 12.8 Å². The fraction of sp³-hybridized carbons (Fsp3) is 0.526. The lowest BCUT2D eigenvalue weighted by Crippen LogP contribution is -2.38. The maximum absolute atomic E-state index is 12.1. The molecule has 26 heavy (non-hydrogen) atoms. The summed E-state index contributed by atoms with van der Waals surface area (Å²) < 4.78 is 10.1. The molecule has 0 aliphatic heterocycles. The number of nitrogens with one attached hydrogen (secondary N) is 2. The van der Waals surface area contributed by atoms with E-state index in [2.05, 4.69) is 10.6 Å². The molecule has 1 aromatic carbocycles. The normalized spacial score (nSPS) is 14.4. The number of benzene rings is 1. The van der Waals surface area contributed by atoms with E-state index >= 15 is 0 Å². The number of rotatable bonds is 6. The van der Waals surface area contributed by atoms with Crippen LogP contribution in [0.1, 0.15) is 66.7 Å². The first-order valence-corrected chi connectivity index (χ1v) is 9.51. The van der Waals surface area contributed by atoms with Crippen LogP contribution in [0.25, 0.3) is 0 Å². The Bertz CT molecular complexity index is 621. The summed E-state index contributed by atoms with van der Waals surface area (Å²) in [6.07, 6.45) is 5.86. The molecule has 1 saturated carbocycles. The molecule has 2 N–H and O–H groups in total. The van der Waals surface area contributed by atoms with E-state index in [1.165, 1.54) is 25.3 Å². The summed E-state index contributed by atoms with van der Waals surface area (Å²) in [4.78, 5) is 24.2. The van der Waals surface area contributed by atoms with Crippen LogP contribution < -0.4 is 10.6 Å². The Balaban J connectivity index is 2.15. The van der Waals surface area contributed by atoms with E-state index in [0.29, 0.717) is 16.8 Å². The summed E-state index contributed by atoms with van der Waals surface area (Å²) >= 11 is 5.38. The zero-order chi connectivity index (χ0) is 18.9. The zero-order valence-electron chi connectivity index (χ0n) is 15.3. The van der Waals surface area contributed by atoms with Crippen molar-refractivity contribution in [3.8, 4) is 0 Å². The second-order valence-corrected chi connectivity index (χ2v) is 6.58. The van der Waals surface area contributed by atoms with Crippen LogP contribution in [0.3, 0.4) is 0 Å². The molecule has 6 nitrogen and oxygen atoms in total. The molecule has 142 valence electrons. The van der Waals surface area contributed by atoms with E-state index in [4.69, 9.17) is 21.7 Å². The number of thiocarbonyl (C=S) groups is 1. The van der Waals surface area contributed by atoms with Crippen LogP contribution in [-0.4, -0.2) is 36.3 Å². The number of esters is 2. The van der Waals surface area contributed by atoms with Gasteiger partial charge in [0, 0.05) is 11.7 Å². The van der Waals surface area contributed by atoms with Crippen LogP contribution in [0.15, 0.2) is 18.2 Å². The lowest BCUT2D eigenvalue weighted by Gasteiger charge is -2.24. The highest BCUT2D eigenvalue weighted by Gasteiger charge is 2.17. The molecule has 1 aromatic rings. The predicted molar refractivity (Wildman–Crippen MR) is 105 cm³/mol. The maximum Gasteiger partial charge on any atom is 0.338 e. The quantitative estimate of drug-likeness (QED) is 0.578. The number of anilines is 1. The minimum Gasteiger partial charge on any atom is -0.462 e. The van der Waals surface area contributed by atoms with E-state index < -0.39 is 11.9 Å². The Morgan fingerprint density at radius 3 is 2.04 bits per heavy atom. The number of hydrogen-bond donors (Lipinski definition) is 2. The lowest BCUT2D eigenvalue weighted by atomic mass is 9.96. The molecule has 1 aliphatic carbocycles. The van der Waals surface area contributed by atoms with Gasteiger partial charge in [-0.3, -0.25) is 0 Å². The van der Waals surface area contributed by atoms with Crippen molar-refractivity contribution in [2.75, 3.05) is 18.5 Å². The Hall–Kier alpha value is -2.15. The third-order valence-corrected chi connectivity index (χ3v) is 4.37. The van der Waals surface area contributed by atoms with Crippen LogP contribution in [0.5, 0.6) is 0 Å². The van der Waals surface area contributed by atoms with Crippen LogP contribution in [0, 0.1) is 0 Å². The van der Waals surface area contributed by atoms with E-state index in [1.807, 2.05) is 0 Å². The monoisotopic (exact) mass is 378 g/mol. The number of carbonyl (C=O) groups is 2. The Morgan fingerprint density at radius 2 is 1.54 bits per heavy atom. The van der Waals surface area contributed by atoms with Crippen molar-refractivity contribution >= 4 is 35.0 Å². The fourth-order valence-corrected chi connectivity index (χ4v) is 3.25. The van der Waals surface area contributed by atoms with Gasteiger partial charge in [0.05, 0.1) is 24.3 Å². The maximum atomic E-state index is 12.1. The lowest BCUT2D eigenvalue weighted by molar-refractivity contribution is 0.0525. The number of hydrogen-bond acceptors (Lipinski definition) is 5. The average molecular weight is 378 g/mol. The Morgan fingerprint density at radius 1 is 1.00 bits per heavy atom. The highest BCUT2D eigenvalue weighted by molar-refractivity contribution is 7.80. The van der Waals surface area contributed by atoms with Gasteiger partial charge in [-0.05, 0) is 57.1 Å². The second kappa shape index (κ2) is 10.1. The first-order chi connectivity index (χ1) is 12.5. The van der Waals surface area contributed by atoms with Crippen molar-refractivity contribution in [3.05, 3.63) is 29.3 Å². The minimum atomic E-state index is -0.493. The topological polar surface area (TPSA) is 76.7 Å². The van der Waals surface area contributed by atoms with E-state index in [9.17, 15) is 9.59 Å². The largest absolute Gasteiger partial charge is 0.462 e. The predicted octanol–water partition coefficient (Wildman–Crippen LogP) is 3.66. The van der Waals surface area contributed by atoms with Crippen LogP contribution in [0.2, 0.25) is 0 Å². The van der Waals surface area contributed by atoms with Crippen molar-refractivity contribution in [1.82, 2.24) is 5.32 Å². The summed E-state index contributed by atoms with van der Waals surface area (Å²) in [5, 5.41) is 6.85. The highest BCUT2D eigenvalue weighted by Crippen LogP contribution is 2.19. The van der Waals surface area contributed by atoms with Gasteiger partial charge in [0.25, 0.3) is 0 Å². The number of ether oxygens (including phenoxy) is 2. The summed E-state index contributed by atoms with van der Waals surface area (Å²) in [7, 11) is 0. The SMILES string of the molecule is CCOC(=O)c1cc(NC(=S)NC2CCCCC2)cc(C(=O)OCC)c1. The molecule has 0 spiro atoms. The van der Waals surface area contributed by atoms with Crippen molar-refractivity contribution in [2.45, 2.75) is 52.0 Å². The minimum absolute atomic E-state index is 0.257. The third kappa shape index (κ3) is 5.98. The first-order valence-electron chi connectivity index (χ1n) is 9.10. The average Bonchev–Trinajstić information content (AvgIpc) is 2.62. The van der Waals surface area contributed by atoms with Gasteiger partial charge >= 0.3 is 11.9 Å². The number of carbonyl (C=O) groups excluding carboxylic acids is 2. The van der Waals surface area contributed by atoms with Gasteiger partial charge in [0.15, 0.2) is 5.11 Å². The standard InChI is InChI=1S/C19H26N2O4S/c1-3-24-17(22)13-10-14(18(23)25-4-2)12-16(11-13)21-19(26)20-15-8-6-5-7-9-15/h10-12,15H,3-9H2,1-2H3,(H2,20,21,26). The van der Waals surface area contributed by atoms with Crippen LogP contribution in [0.4, 0.5) is 5.69 Å².